The molecule has 0 aliphatic carbocycles. The van der Waals surface area contributed by atoms with Crippen LogP contribution in [0.4, 0.5) is 0 Å². The van der Waals surface area contributed by atoms with Gasteiger partial charge in [0.25, 0.3) is 0 Å². The molecule has 0 amide bonds. The third-order valence-electron chi connectivity index (χ3n) is 3.17. The van der Waals surface area contributed by atoms with Crippen molar-refractivity contribution in [2.24, 2.45) is 10.2 Å². The number of hydrogen-bond acceptors (Lipinski definition) is 2. The first kappa shape index (κ1) is 14.9. The summed E-state index contributed by atoms with van der Waals surface area (Å²) in [6.45, 7) is 5.80. The minimum absolute atomic E-state index is 1.01. The SMILES string of the molecule is C=CCCc1ccc(C=NN=Cc2ccc(C)cc2)cc1. The molecule has 106 valence electrons. The molecule has 0 aliphatic rings. The van der Waals surface area contributed by atoms with Crippen molar-refractivity contribution in [1.29, 1.82) is 0 Å². The highest BCUT2D eigenvalue weighted by Gasteiger charge is 1.92. The summed E-state index contributed by atoms with van der Waals surface area (Å²) in [7, 11) is 0. The highest BCUT2D eigenvalue weighted by Crippen LogP contribution is 2.06. The molecule has 0 radical (unpaired) electrons. The van der Waals surface area contributed by atoms with Crippen LogP contribution in [0.1, 0.15) is 28.7 Å². The van der Waals surface area contributed by atoms with Crippen molar-refractivity contribution in [1.82, 2.24) is 0 Å². The number of hydrogen-bond donors (Lipinski definition) is 0. The van der Waals surface area contributed by atoms with E-state index in [-0.39, 0.29) is 0 Å². The fraction of sp³-hybridized carbons (Fsp3) is 0.158. The quantitative estimate of drug-likeness (QED) is 0.419. The predicted molar refractivity (Wildman–Crippen MR) is 91.3 cm³/mol. The molecule has 0 spiro atoms. The molecule has 0 fully saturated rings. The Morgan fingerprint density at radius 3 is 1.90 bits per heavy atom. The Morgan fingerprint density at radius 2 is 1.38 bits per heavy atom. The van der Waals surface area contributed by atoms with Crippen LogP contribution >= 0.6 is 0 Å². The van der Waals surface area contributed by atoms with Gasteiger partial charge in [0.15, 0.2) is 0 Å². The number of rotatable bonds is 6. The molecule has 21 heavy (non-hydrogen) atoms. The van der Waals surface area contributed by atoms with Crippen LogP contribution < -0.4 is 0 Å². The van der Waals surface area contributed by atoms with E-state index >= 15 is 0 Å². The van der Waals surface area contributed by atoms with Gasteiger partial charge in [0, 0.05) is 0 Å². The lowest BCUT2D eigenvalue weighted by molar-refractivity contribution is 1.00. The molecule has 0 atom stereocenters. The standard InChI is InChI=1S/C19H20N2/c1-3-4-5-17-10-12-19(13-11-17)15-21-20-14-18-8-6-16(2)7-9-18/h3,6-15H,1,4-5H2,2H3. The minimum atomic E-state index is 1.01. The van der Waals surface area contributed by atoms with Crippen molar-refractivity contribution in [3.63, 3.8) is 0 Å². The summed E-state index contributed by atoms with van der Waals surface area (Å²) in [5, 5.41) is 8.15. The Morgan fingerprint density at radius 1 is 0.857 bits per heavy atom. The van der Waals surface area contributed by atoms with Crippen molar-refractivity contribution in [2.75, 3.05) is 0 Å². The Hall–Kier alpha value is -2.48. The molecule has 0 N–H and O–H groups in total. The van der Waals surface area contributed by atoms with Gasteiger partial charge in [-0.1, -0.05) is 60.2 Å². The molecular formula is C19H20N2. The van der Waals surface area contributed by atoms with Gasteiger partial charge < -0.3 is 0 Å². The first-order valence-corrected chi connectivity index (χ1v) is 7.11. The zero-order chi connectivity index (χ0) is 14.9. The van der Waals surface area contributed by atoms with Gasteiger partial charge in [0.2, 0.25) is 0 Å². The van der Waals surface area contributed by atoms with E-state index < -0.39 is 0 Å². The van der Waals surface area contributed by atoms with Gasteiger partial charge in [-0.25, -0.2) is 0 Å². The van der Waals surface area contributed by atoms with Crippen LogP contribution in [0.2, 0.25) is 0 Å². The van der Waals surface area contributed by atoms with Gasteiger partial charge in [-0.3, -0.25) is 0 Å². The molecule has 0 aromatic heterocycles. The monoisotopic (exact) mass is 276 g/mol. The number of aryl methyl sites for hydroxylation is 2. The zero-order valence-corrected chi connectivity index (χ0v) is 12.4. The molecule has 0 unspecified atom stereocenters. The van der Waals surface area contributed by atoms with E-state index in [1.165, 1.54) is 11.1 Å². The molecule has 0 heterocycles. The summed E-state index contributed by atoms with van der Waals surface area (Å²) in [5.74, 6) is 0. The first-order valence-electron chi connectivity index (χ1n) is 7.11. The summed E-state index contributed by atoms with van der Waals surface area (Å²) >= 11 is 0. The van der Waals surface area contributed by atoms with Crippen LogP contribution in [0, 0.1) is 6.92 Å². The van der Waals surface area contributed by atoms with Crippen molar-refractivity contribution in [3.05, 3.63) is 83.4 Å². The van der Waals surface area contributed by atoms with Crippen LogP contribution in [0.15, 0.2) is 71.4 Å². The van der Waals surface area contributed by atoms with Crippen LogP contribution in [0.3, 0.4) is 0 Å². The van der Waals surface area contributed by atoms with Gasteiger partial charge in [-0.2, -0.15) is 10.2 Å². The molecule has 0 saturated carbocycles. The van der Waals surface area contributed by atoms with Crippen molar-refractivity contribution in [2.45, 2.75) is 19.8 Å². The van der Waals surface area contributed by atoms with Gasteiger partial charge in [0.05, 0.1) is 12.4 Å². The molecule has 0 aliphatic heterocycles. The van der Waals surface area contributed by atoms with Gasteiger partial charge >= 0.3 is 0 Å². The van der Waals surface area contributed by atoms with E-state index in [0.717, 1.165) is 24.0 Å². The summed E-state index contributed by atoms with van der Waals surface area (Å²) in [6.07, 6.45) is 7.51. The van der Waals surface area contributed by atoms with E-state index in [1.54, 1.807) is 12.4 Å². The molecule has 0 saturated heterocycles. The summed E-state index contributed by atoms with van der Waals surface area (Å²) in [4.78, 5) is 0. The Balaban J connectivity index is 1.91. The smallest absolute Gasteiger partial charge is 0.0568 e. The zero-order valence-electron chi connectivity index (χ0n) is 12.4. The van der Waals surface area contributed by atoms with Crippen LogP contribution in [-0.2, 0) is 6.42 Å². The van der Waals surface area contributed by atoms with Crippen LogP contribution in [-0.4, -0.2) is 12.4 Å². The maximum absolute atomic E-state index is 4.08. The van der Waals surface area contributed by atoms with Gasteiger partial charge in [-0.05, 0) is 36.5 Å². The average molecular weight is 276 g/mol. The highest BCUT2D eigenvalue weighted by molar-refractivity contribution is 5.82. The second-order valence-electron chi connectivity index (χ2n) is 4.97. The van der Waals surface area contributed by atoms with Gasteiger partial charge in [-0.15, -0.1) is 6.58 Å². The number of benzene rings is 2. The number of nitrogens with zero attached hydrogens (tertiary/aromatic N) is 2. The second kappa shape index (κ2) is 7.95. The van der Waals surface area contributed by atoms with E-state index in [0.29, 0.717) is 0 Å². The topological polar surface area (TPSA) is 24.7 Å². The number of allylic oxidation sites excluding steroid dienone is 1. The fourth-order valence-corrected chi connectivity index (χ4v) is 1.89. The van der Waals surface area contributed by atoms with Crippen molar-refractivity contribution < 1.29 is 0 Å². The largest absolute Gasteiger partial charge is 0.159 e. The lowest BCUT2D eigenvalue weighted by atomic mass is 10.1. The predicted octanol–water partition coefficient (Wildman–Crippen LogP) is 4.57. The Bertz CT molecular complexity index is 620. The second-order valence-corrected chi connectivity index (χ2v) is 4.97. The Labute approximate surface area is 126 Å². The fourth-order valence-electron chi connectivity index (χ4n) is 1.89. The van der Waals surface area contributed by atoms with E-state index in [2.05, 4.69) is 60.1 Å². The normalized spacial score (nSPS) is 11.3. The van der Waals surface area contributed by atoms with Crippen LogP contribution in [0.25, 0.3) is 0 Å². The average Bonchev–Trinajstić information content (AvgIpc) is 2.52. The maximum atomic E-state index is 4.08. The molecule has 0 bridgehead atoms. The molecule has 2 aromatic rings. The minimum Gasteiger partial charge on any atom is -0.159 e. The van der Waals surface area contributed by atoms with Crippen LogP contribution in [0.5, 0.6) is 0 Å². The van der Waals surface area contributed by atoms with E-state index in [9.17, 15) is 0 Å². The third-order valence-corrected chi connectivity index (χ3v) is 3.17. The van der Waals surface area contributed by atoms with E-state index in [4.69, 9.17) is 0 Å². The third kappa shape index (κ3) is 5.19. The lowest BCUT2D eigenvalue weighted by Crippen LogP contribution is -1.86. The molecular weight excluding hydrogens is 256 g/mol. The first-order chi connectivity index (χ1) is 10.3. The summed E-state index contributed by atoms with van der Waals surface area (Å²) in [6, 6.07) is 16.5. The summed E-state index contributed by atoms with van der Waals surface area (Å²) < 4.78 is 0. The summed E-state index contributed by atoms with van der Waals surface area (Å²) in [5.41, 5.74) is 4.67. The lowest BCUT2D eigenvalue weighted by Gasteiger charge is -1.98. The maximum Gasteiger partial charge on any atom is 0.0568 e. The van der Waals surface area contributed by atoms with Crippen molar-refractivity contribution >= 4 is 12.4 Å². The Kier molecular flexibility index (Phi) is 5.65. The van der Waals surface area contributed by atoms with Gasteiger partial charge in [0.1, 0.15) is 0 Å². The molecule has 2 nitrogen and oxygen atoms in total. The highest BCUT2D eigenvalue weighted by atomic mass is 15.2. The molecule has 2 rings (SSSR count). The molecule has 2 heteroatoms. The van der Waals surface area contributed by atoms with Crippen molar-refractivity contribution in [3.8, 4) is 0 Å². The van der Waals surface area contributed by atoms with E-state index in [1.807, 2.05) is 18.2 Å². The molecule has 2 aromatic carbocycles.